The highest BCUT2D eigenvalue weighted by Gasteiger charge is 2.38. The van der Waals surface area contributed by atoms with Gasteiger partial charge in [0.05, 0.1) is 17.2 Å². The molecule has 0 aliphatic carbocycles. The molecule has 5 rings (SSSR count). The molecule has 1 unspecified atom stereocenters. The van der Waals surface area contributed by atoms with Gasteiger partial charge in [0.15, 0.2) is 0 Å². The van der Waals surface area contributed by atoms with Crippen LogP contribution in [0.15, 0.2) is 90.3 Å². The number of benzene rings is 3. The zero-order chi connectivity index (χ0) is 22.2. The molecule has 0 fully saturated rings. The van der Waals surface area contributed by atoms with Crippen LogP contribution in [0.1, 0.15) is 17.0 Å². The lowest BCUT2D eigenvalue weighted by Crippen LogP contribution is -2.22. The third-order valence-corrected chi connectivity index (χ3v) is 5.93. The number of para-hydroxylation sites is 1. The Morgan fingerprint density at radius 2 is 1.66 bits per heavy atom. The molecule has 156 valence electrons. The predicted molar refractivity (Wildman–Crippen MR) is 125 cm³/mol. The van der Waals surface area contributed by atoms with Crippen LogP contribution in [0.2, 0.25) is 10.0 Å². The molecule has 0 bridgehead atoms. The normalized spacial score (nSPS) is 15.1. The maximum atomic E-state index is 9.99. The molecule has 0 radical (unpaired) electrons. The maximum Gasteiger partial charge on any atom is 0.229 e. The van der Waals surface area contributed by atoms with Gasteiger partial charge in [-0.25, -0.2) is 0 Å². The number of nitrogens with two attached hydrogens (primary N) is 1. The van der Waals surface area contributed by atoms with Crippen LogP contribution in [0.3, 0.4) is 0 Å². The third-order valence-electron chi connectivity index (χ3n) is 5.37. The van der Waals surface area contributed by atoms with Gasteiger partial charge in [-0.1, -0.05) is 77.8 Å². The fourth-order valence-corrected chi connectivity index (χ4v) is 4.46. The van der Waals surface area contributed by atoms with E-state index in [4.69, 9.17) is 38.8 Å². The standard InChI is InChI=1S/C25H16Cl2N4O/c26-16-11-12-18(20(27)13-16)21-19(14-28)24(29)32-25-22(21)23(15-7-3-1-4-8-15)30-31(25)17-9-5-2-6-10-17/h1-13,21H,29H2. The molecule has 4 aromatic rings. The first-order valence-electron chi connectivity index (χ1n) is 9.84. The number of hydrogen-bond acceptors (Lipinski definition) is 4. The number of allylic oxidation sites excluding steroid dienone is 1. The van der Waals surface area contributed by atoms with Gasteiger partial charge in [-0.05, 0) is 29.8 Å². The Labute approximate surface area is 194 Å². The molecular weight excluding hydrogens is 443 g/mol. The molecule has 2 N–H and O–H groups in total. The number of hydrogen-bond donors (Lipinski definition) is 1. The first-order valence-corrected chi connectivity index (χ1v) is 10.6. The minimum Gasteiger partial charge on any atom is -0.422 e. The van der Waals surface area contributed by atoms with E-state index in [0.29, 0.717) is 27.2 Å². The lowest BCUT2D eigenvalue weighted by atomic mass is 9.83. The second-order valence-electron chi connectivity index (χ2n) is 7.27. The van der Waals surface area contributed by atoms with Crippen LogP contribution in [0.4, 0.5) is 0 Å². The highest BCUT2D eigenvalue weighted by atomic mass is 35.5. The molecule has 7 heteroatoms. The molecule has 2 heterocycles. The quantitative estimate of drug-likeness (QED) is 0.404. The number of rotatable bonds is 3. The number of ether oxygens (including phenoxy) is 1. The Hall–Kier alpha value is -3.72. The van der Waals surface area contributed by atoms with Crippen molar-refractivity contribution < 1.29 is 4.74 Å². The van der Waals surface area contributed by atoms with Crippen LogP contribution in [0.5, 0.6) is 5.88 Å². The van der Waals surface area contributed by atoms with Gasteiger partial charge in [-0.3, -0.25) is 0 Å². The molecule has 0 saturated carbocycles. The molecule has 0 saturated heterocycles. The summed E-state index contributed by atoms with van der Waals surface area (Å²) in [6.07, 6.45) is 0. The number of fused-ring (bicyclic) bond motifs is 1. The van der Waals surface area contributed by atoms with Gasteiger partial charge < -0.3 is 10.5 Å². The summed E-state index contributed by atoms with van der Waals surface area (Å²) < 4.78 is 7.71. The Kier molecular flexibility index (Phi) is 5.10. The van der Waals surface area contributed by atoms with Crippen molar-refractivity contribution in [2.75, 3.05) is 0 Å². The molecular formula is C25H16Cl2N4O. The van der Waals surface area contributed by atoms with E-state index in [1.165, 1.54) is 0 Å². The van der Waals surface area contributed by atoms with Gasteiger partial charge in [-0.2, -0.15) is 15.0 Å². The van der Waals surface area contributed by atoms with Gasteiger partial charge in [0, 0.05) is 15.6 Å². The highest BCUT2D eigenvalue weighted by molar-refractivity contribution is 6.35. The van der Waals surface area contributed by atoms with Crippen molar-refractivity contribution in [3.8, 4) is 28.9 Å². The smallest absolute Gasteiger partial charge is 0.229 e. The second-order valence-corrected chi connectivity index (χ2v) is 8.12. The van der Waals surface area contributed by atoms with Crippen molar-refractivity contribution in [3.63, 3.8) is 0 Å². The van der Waals surface area contributed by atoms with Crippen molar-refractivity contribution in [3.05, 3.63) is 111 Å². The van der Waals surface area contributed by atoms with Gasteiger partial charge in [0.2, 0.25) is 11.8 Å². The van der Waals surface area contributed by atoms with E-state index in [-0.39, 0.29) is 11.5 Å². The molecule has 32 heavy (non-hydrogen) atoms. The van der Waals surface area contributed by atoms with Crippen LogP contribution < -0.4 is 10.5 Å². The summed E-state index contributed by atoms with van der Waals surface area (Å²) in [7, 11) is 0. The molecule has 0 spiro atoms. The van der Waals surface area contributed by atoms with Crippen LogP contribution >= 0.6 is 23.2 Å². The van der Waals surface area contributed by atoms with Gasteiger partial charge in [0.1, 0.15) is 17.3 Å². The molecule has 1 aliphatic rings. The maximum absolute atomic E-state index is 9.99. The van der Waals surface area contributed by atoms with Crippen LogP contribution in [0.25, 0.3) is 16.9 Å². The summed E-state index contributed by atoms with van der Waals surface area (Å²) in [5, 5.41) is 15.8. The van der Waals surface area contributed by atoms with Crippen molar-refractivity contribution in [2.24, 2.45) is 5.73 Å². The van der Waals surface area contributed by atoms with Crippen LogP contribution in [-0.2, 0) is 0 Å². The van der Waals surface area contributed by atoms with E-state index in [1.807, 2.05) is 66.7 Å². The van der Waals surface area contributed by atoms with Crippen LogP contribution in [-0.4, -0.2) is 9.78 Å². The average Bonchev–Trinajstić information content (AvgIpc) is 3.18. The number of nitriles is 1. The minimum atomic E-state index is -0.568. The molecule has 1 aromatic heterocycles. The van der Waals surface area contributed by atoms with E-state index in [1.54, 1.807) is 16.8 Å². The predicted octanol–water partition coefficient (Wildman–Crippen LogP) is 6.06. The van der Waals surface area contributed by atoms with Crippen LogP contribution in [0, 0.1) is 11.3 Å². The van der Waals surface area contributed by atoms with Gasteiger partial charge in [0.25, 0.3) is 0 Å². The number of nitrogens with zero attached hydrogens (tertiary/aromatic N) is 3. The molecule has 5 nitrogen and oxygen atoms in total. The third kappa shape index (κ3) is 3.31. The van der Waals surface area contributed by atoms with Gasteiger partial charge >= 0.3 is 0 Å². The Morgan fingerprint density at radius 1 is 0.969 bits per heavy atom. The molecule has 1 aliphatic heterocycles. The monoisotopic (exact) mass is 458 g/mol. The largest absolute Gasteiger partial charge is 0.422 e. The second kappa shape index (κ2) is 8.08. The summed E-state index contributed by atoms with van der Waals surface area (Å²) in [5.74, 6) is -0.100. The lowest BCUT2D eigenvalue weighted by Gasteiger charge is -2.26. The number of halogens is 2. The minimum absolute atomic E-state index is 0.0210. The molecule has 1 atom stereocenters. The Bertz CT molecular complexity index is 1390. The SMILES string of the molecule is N#CC1=C(N)Oc2c(c(-c3ccccc3)nn2-c2ccccc2)C1c1ccc(Cl)cc1Cl. The van der Waals surface area contributed by atoms with Crippen molar-refractivity contribution >= 4 is 23.2 Å². The first kappa shape index (κ1) is 20.2. The topological polar surface area (TPSA) is 76.9 Å². The zero-order valence-corrected chi connectivity index (χ0v) is 18.2. The summed E-state index contributed by atoms with van der Waals surface area (Å²) in [5.41, 5.74) is 10.3. The molecule has 0 amide bonds. The number of aromatic nitrogens is 2. The van der Waals surface area contributed by atoms with E-state index in [9.17, 15) is 5.26 Å². The molecule has 3 aromatic carbocycles. The van der Waals surface area contributed by atoms with Crippen molar-refractivity contribution in [2.45, 2.75) is 5.92 Å². The average molecular weight is 459 g/mol. The van der Waals surface area contributed by atoms with Gasteiger partial charge in [-0.15, -0.1) is 0 Å². The van der Waals surface area contributed by atoms with Crippen molar-refractivity contribution in [1.82, 2.24) is 9.78 Å². The fraction of sp³-hybridized carbons (Fsp3) is 0.0400. The summed E-state index contributed by atoms with van der Waals surface area (Å²) in [6, 6.07) is 26.8. The fourth-order valence-electron chi connectivity index (χ4n) is 3.94. The highest BCUT2D eigenvalue weighted by Crippen LogP contribution is 2.49. The lowest BCUT2D eigenvalue weighted by molar-refractivity contribution is 0.367. The van der Waals surface area contributed by atoms with Crippen molar-refractivity contribution in [1.29, 1.82) is 5.26 Å². The van der Waals surface area contributed by atoms with E-state index in [0.717, 1.165) is 16.8 Å². The zero-order valence-electron chi connectivity index (χ0n) is 16.7. The summed E-state index contributed by atoms with van der Waals surface area (Å²) >= 11 is 12.7. The Morgan fingerprint density at radius 3 is 2.31 bits per heavy atom. The van der Waals surface area contributed by atoms with E-state index < -0.39 is 5.92 Å². The summed E-state index contributed by atoms with van der Waals surface area (Å²) in [6.45, 7) is 0. The Balaban J connectivity index is 1.85. The first-order chi connectivity index (χ1) is 15.6. The van der Waals surface area contributed by atoms with E-state index >= 15 is 0 Å². The van der Waals surface area contributed by atoms with E-state index in [2.05, 4.69) is 6.07 Å². The summed E-state index contributed by atoms with van der Waals surface area (Å²) in [4.78, 5) is 0.